The van der Waals surface area contributed by atoms with Gasteiger partial charge in [-0.2, -0.15) is 0 Å². The van der Waals surface area contributed by atoms with Gasteiger partial charge in [-0.1, -0.05) is 6.07 Å². The Labute approximate surface area is 148 Å². The summed E-state index contributed by atoms with van der Waals surface area (Å²) in [6.45, 7) is 8.17. The van der Waals surface area contributed by atoms with Crippen molar-refractivity contribution in [3.63, 3.8) is 0 Å². The third kappa shape index (κ3) is 3.65. The Bertz CT molecular complexity index is 659. The lowest BCUT2D eigenvalue weighted by Crippen LogP contribution is -2.43. The second-order valence-electron chi connectivity index (χ2n) is 6.99. The van der Waals surface area contributed by atoms with Crippen LogP contribution in [0, 0.1) is 11.8 Å². The summed E-state index contributed by atoms with van der Waals surface area (Å²) in [6.07, 6.45) is 2.87. The number of hydrogen-bond donors (Lipinski definition) is 2. The topological polar surface area (TPSA) is 71.0 Å². The third-order valence-corrected chi connectivity index (χ3v) is 4.75. The minimum absolute atomic E-state index is 0.0609. The van der Waals surface area contributed by atoms with E-state index in [-0.39, 0.29) is 23.1 Å². The van der Waals surface area contributed by atoms with E-state index in [1.165, 1.54) is 11.8 Å². The van der Waals surface area contributed by atoms with Gasteiger partial charge >= 0.3 is 0 Å². The maximum Gasteiger partial charge on any atom is 0.157 e. The summed E-state index contributed by atoms with van der Waals surface area (Å²) in [6, 6.07) is 5.51. The van der Waals surface area contributed by atoms with Gasteiger partial charge < -0.3 is 19.6 Å². The van der Waals surface area contributed by atoms with Crippen molar-refractivity contribution in [3.05, 3.63) is 35.5 Å². The van der Waals surface area contributed by atoms with Gasteiger partial charge in [-0.25, -0.2) is 5.43 Å². The molecule has 136 valence electrons. The molecule has 1 aromatic carbocycles. The SMILES string of the molecule is CC1C=C(C2COCC2COc2cccc(O)c2C=O)N(C(C)C)N1. The molecule has 0 radical (unpaired) electrons. The van der Waals surface area contributed by atoms with Gasteiger partial charge in [0.1, 0.15) is 11.5 Å². The maximum absolute atomic E-state index is 11.2. The van der Waals surface area contributed by atoms with Crippen molar-refractivity contribution in [2.45, 2.75) is 32.9 Å². The van der Waals surface area contributed by atoms with Crippen molar-refractivity contribution in [3.8, 4) is 11.5 Å². The number of hydrazine groups is 1. The quantitative estimate of drug-likeness (QED) is 0.771. The number of nitrogens with zero attached hydrogens (tertiary/aromatic N) is 1. The highest BCUT2D eigenvalue weighted by atomic mass is 16.5. The number of hydrogen-bond acceptors (Lipinski definition) is 6. The summed E-state index contributed by atoms with van der Waals surface area (Å²) in [5.74, 6) is 0.792. The van der Waals surface area contributed by atoms with Gasteiger partial charge in [0.2, 0.25) is 0 Å². The van der Waals surface area contributed by atoms with E-state index in [1.807, 2.05) is 0 Å². The van der Waals surface area contributed by atoms with Gasteiger partial charge in [0.05, 0.1) is 25.4 Å². The largest absolute Gasteiger partial charge is 0.507 e. The summed E-state index contributed by atoms with van der Waals surface area (Å²) < 4.78 is 11.6. The van der Waals surface area contributed by atoms with Crippen molar-refractivity contribution in [1.29, 1.82) is 0 Å². The first kappa shape index (κ1) is 17.8. The molecular weight excluding hydrogens is 320 g/mol. The molecule has 1 aromatic rings. The lowest BCUT2D eigenvalue weighted by molar-refractivity contribution is 0.111. The fourth-order valence-electron chi connectivity index (χ4n) is 3.48. The molecule has 6 heteroatoms. The minimum atomic E-state index is -0.0609. The molecule has 0 amide bonds. The van der Waals surface area contributed by atoms with Gasteiger partial charge in [0, 0.05) is 29.6 Å². The molecule has 0 spiro atoms. The Hall–Kier alpha value is -2.05. The van der Waals surface area contributed by atoms with Gasteiger partial charge in [-0.3, -0.25) is 4.79 Å². The van der Waals surface area contributed by atoms with E-state index in [0.29, 0.717) is 43.9 Å². The second-order valence-corrected chi connectivity index (χ2v) is 6.99. The van der Waals surface area contributed by atoms with Crippen LogP contribution in [-0.2, 0) is 4.74 Å². The van der Waals surface area contributed by atoms with E-state index in [1.54, 1.807) is 12.1 Å². The molecule has 3 rings (SSSR count). The molecule has 2 N–H and O–H groups in total. The van der Waals surface area contributed by atoms with Crippen LogP contribution in [0.25, 0.3) is 0 Å². The van der Waals surface area contributed by atoms with Gasteiger partial charge in [0.15, 0.2) is 6.29 Å². The first-order valence-electron chi connectivity index (χ1n) is 8.76. The molecule has 0 bridgehead atoms. The van der Waals surface area contributed by atoms with Crippen LogP contribution in [-0.4, -0.2) is 48.3 Å². The van der Waals surface area contributed by atoms with Crippen LogP contribution in [0.1, 0.15) is 31.1 Å². The van der Waals surface area contributed by atoms with Crippen LogP contribution in [0.2, 0.25) is 0 Å². The number of rotatable bonds is 6. The molecule has 0 aliphatic carbocycles. The standard InChI is InChI=1S/C19H26N2O4/c1-12(2)21-17(7-13(3)20-21)16-11-24-9-14(16)10-25-19-6-4-5-18(23)15(19)8-22/h4-8,12-14,16,20,23H,9-11H2,1-3H3. The van der Waals surface area contributed by atoms with E-state index < -0.39 is 0 Å². The fourth-order valence-corrected chi connectivity index (χ4v) is 3.48. The predicted molar refractivity (Wildman–Crippen MR) is 94.4 cm³/mol. The molecule has 6 nitrogen and oxygen atoms in total. The molecule has 0 aromatic heterocycles. The molecule has 3 atom stereocenters. The van der Waals surface area contributed by atoms with Gasteiger partial charge in [-0.05, 0) is 39.0 Å². The number of carbonyl (C=O) groups is 1. The number of aromatic hydroxyl groups is 1. The highest BCUT2D eigenvalue weighted by Gasteiger charge is 2.37. The number of carbonyl (C=O) groups excluding carboxylic acids is 1. The number of benzene rings is 1. The summed E-state index contributed by atoms with van der Waals surface area (Å²) in [5, 5.41) is 12.0. The lowest BCUT2D eigenvalue weighted by atomic mass is 9.92. The van der Waals surface area contributed by atoms with E-state index in [2.05, 4.69) is 37.3 Å². The molecule has 2 aliphatic rings. The van der Waals surface area contributed by atoms with Crippen LogP contribution in [0.4, 0.5) is 0 Å². The molecule has 2 aliphatic heterocycles. The van der Waals surface area contributed by atoms with Crippen LogP contribution >= 0.6 is 0 Å². The first-order valence-corrected chi connectivity index (χ1v) is 8.76. The third-order valence-electron chi connectivity index (χ3n) is 4.75. The van der Waals surface area contributed by atoms with Crippen molar-refractivity contribution in [2.75, 3.05) is 19.8 Å². The Morgan fingerprint density at radius 2 is 2.24 bits per heavy atom. The summed E-state index contributed by atoms with van der Waals surface area (Å²) in [7, 11) is 0. The smallest absolute Gasteiger partial charge is 0.157 e. The second kappa shape index (κ2) is 7.45. The number of phenols is 1. The molecular formula is C19H26N2O4. The van der Waals surface area contributed by atoms with Gasteiger partial charge in [-0.15, -0.1) is 0 Å². The number of aldehydes is 1. The normalized spacial score (nSPS) is 26.2. The Balaban J connectivity index is 1.72. The minimum Gasteiger partial charge on any atom is -0.507 e. The van der Waals surface area contributed by atoms with Crippen molar-refractivity contribution >= 4 is 6.29 Å². The van der Waals surface area contributed by atoms with E-state index in [0.717, 1.165) is 0 Å². The monoisotopic (exact) mass is 346 g/mol. The van der Waals surface area contributed by atoms with E-state index in [9.17, 15) is 9.90 Å². The van der Waals surface area contributed by atoms with E-state index in [4.69, 9.17) is 9.47 Å². The predicted octanol–water partition coefficient (Wildman–Crippen LogP) is 2.35. The molecule has 1 saturated heterocycles. The summed E-state index contributed by atoms with van der Waals surface area (Å²) in [4.78, 5) is 11.2. The number of nitrogens with one attached hydrogen (secondary N) is 1. The molecule has 1 fully saturated rings. The van der Waals surface area contributed by atoms with Crippen molar-refractivity contribution < 1.29 is 19.4 Å². The fraction of sp³-hybridized carbons (Fsp3) is 0.526. The zero-order valence-corrected chi connectivity index (χ0v) is 14.9. The van der Waals surface area contributed by atoms with Crippen molar-refractivity contribution in [1.82, 2.24) is 10.4 Å². The molecule has 2 heterocycles. The zero-order valence-electron chi connectivity index (χ0n) is 14.9. The Morgan fingerprint density at radius 3 is 2.96 bits per heavy atom. The average molecular weight is 346 g/mol. The zero-order chi connectivity index (χ0) is 18.0. The molecule has 25 heavy (non-hydrogen) atoms. The summed E-state index contributed by atoms with van der Waals surface area (Å²) >= 11 is 0. The first-order chi connectivity index (χ1) is 12.0. The van der Waals surface area contributed by atoms with Crippen LogP contribution in [0.15, 0.2) is 30.0 Å². The molecule has 0 saturated carbocycles. The van der Waals surface area contributed by atoms with Crippen LogP contribution in [0.3, 0.4) is 0 Å². The van der Waals surface area contributed by atoms with Gasteiger partial charge in [0.25, 0.3) is 0 Å². The Morgan fingerprint density at radius 1 is 1.44 bits per heavy atom. The highest BCUT2D eigenvalue weighted by Crippen LogP contribution is 2.34. The van der Waals surface area contributed by atoms with E-state index >= 15 is 0 Å². The van der Waals surface area contributed by atoms with Crippen LogP contribution in [0.5, 0.6) is 11.5 Å². The number of ether oxygens (including phenoxy) is 2. The highest BCUT2D eigenvalue weighted by molar-refractivity contribution is 5.83. The lowest BCUT2D eigenvalue weighted by Gasteiger charge is -2.32. The summed E-state index contributed by atoms with van der Waals surface area (Å²) in [5.41, 5.74) is 4.91. The van der Waals surface area contributed by atoms with Crippen LogP contribution < -0.4 is 10.2 Å². The maximum atomic E-state index is 11.2. The number of phenolic OH excluding ortho intramolecular Hbond substituents is 1. The molecule has 3 unspecified atom stereocenters. The Kier molecular flexibility index (Phi) is 5.30. The van der Waals surface area contributed by atoms with Crippen molar-refractivity contribution in [2.24, 2.45) is 11.8 Å². The average Bonchev–Trinajstić information content (AvgIpc) is 3.18.